The van der Waals surface area contributed by atoms with Crippen LogP contribution in [0, 0.1) is 23.7 Å². The molecule has 0 spiro atoms. The number of hydrogen-bond donors (Lipinski definition) is 2. The van der Waals surface area contributed by atoms with Crippen LogP contribution < -0.4 is 10.6 Å². The van der Waals surface area contributed by atoms with E-state index in [9.17, 15) is 0 Å². The van der Waals surface area contributed by atoms with E-state index < -0.39 is 0 Å². The Hall–Kier alpha value is -0.0800. The first-order valence-electron chi connectivity index (χ1n) is 6.99. The van der Waals surface area contributed by atoms with E-state index in [-0.39, 0.29) is 0 Å². The summed E-state index contributed by atoms with van der Waals surface area (Å²) in [5, 5.41) is 6.77. The van der Waals surface area contributed by atoms with E-state index in [0.717, 1.165) is 23.7 Å². The predicted molar refractivity (Wildman–Crippen MR) is 71.6 cm³/mol. The molecule has 0 aromatic rings. The van der Waals surface area contributed by atoms with Crippen molar-refractivity contribution in [2.75, 3.05) is 26.2 Å². The van der Waals surface area contributed by atoms with Gasteiger partial charge < -0.3 is 10.6 Å². The van der Waals surface area contributed by atoms with Crippen LogP contribution in [0.3, 0.4) is 0 Å². The van der Waals surface area contributed by atoms with Crippen LogP contribution in [0.15, 0.2) is 0 Å². The zero-order valence-electron chi connectivity index (χ0n) is 11.6. The lowest BCUT2D eigenvalue weighted by Gasteiger charge is -2.24. The molecule has 0 aliphatic carbocycles. The van der Waals surface area contributed by atoms with Crippen LogP contribution in [0.25, 0.3) is 0 Å². The lowest BCUT2D eigenvalue weighted by atomic mass is 9.94. The molecular weight excluding hydrogens is 196 g/mol. The normalized spacial score (nSPS) is 39.8. The Bertz CT molecular complexity index is 146. The Morgan fingerprint density at radius 1 is 0.562 bits per heavy atom. The molecule has 2 fully saturated rings. The standard InChI is InChI=1S/2C7H15N/c2*1-6-3-7(2)5-8-4-6/h2*6-8H,3-5H2,1-2H3. The van der Waals surface area contributed by atoms with Gasteiger partial charge in [0.2, 0.25) is 0 Å². The molecule has 2 rings (SSSR count). The van der Waals surface area contributed by atoms with E-state index in [2.05, 4.69) is 38.3 Å². The number of hydrogen-bond acceptors (Lipinski definition) is 2. The lowest BCUT2D eigenvalue weighted by Crippen LogP contribution is -2.33. The van der Waals surface area contributed by atoms with Gasteiger partial charge in [-0.15, -0.1) is 0 Å². The van der Waals surface area contributed by atoms with Gasteiger partial charge in [-0.1, -0.05) is 27.7 Å². The molecule has 2 saturated heterocycles. The van der Waals surface area contributed by atoms with Crippen LogP contribution in [-0.2, 0) is 0 Å². The zero-order valence-corrected chi connectivity index (χ0v) is 11.6. The van der Waals surface area contributed by atoms with E-state index in [1.54, 1.807) is 0 Å². The van der Waals surface area contributed by atoms with Gasteiger partial charge in [0.15, 0.2) is 0 Å². The van der Waals surface area contributed by atoms with Crippen LogP contribution in [0.2, 0.25) is 0 Å². The highest BCUT2D eigenvalue weighted by Crippen LogP contribution is 2.14. The maximum atomic E-state index is 3.38. The molecule has 16 heavy (non-hydrogen) atoms. The average molecular weight is 226 g/mol. The maximum absolute atomic E-state index is 3.38. The summed E-state index contributed by atoms with van der Waals surface area (Å²) in [6.45, 7) is 14.1. The van der Waals surface area contributed by atoms with Gasteiger partial charge in [0.25, 0.3) is 0 Å². The van der Waals surface area contributed by atoms with Gasteiger partial charge in [0.1, 0.15) is 0 Å². The summed E-state index contributed by atoms with van der Waals surface area (Å²) in [5.41, 5.74) is 0. The van der Waals surface area contributed by atoms with Gasteiger partial charge >= 0.3 is 0 Å². The van der Waals surface area contributed by atoms with Crippen molar-refractivity contribution in [2.45, 2.75) is 40.5 Å². The summed E-state index contributed by atoms with van der Waals surface area (Å²) in [6.07, 6.45) is 2.82. The number of nitrogens with one attached hydrogen (secondary N) is 2. The summed E-state index contributed by atoms with van der Waals surface area (Å²) in [5.74, 6) is 3.61. The van der Waals surface area contributed by atoms with Crippen molar-refractivity contribution in [3.63, 3.8) is 0 Å². The monoisotopic (exact) mass is 226 g/mol. The highest BCUT2D eigenvalue weighted by molar-refractivity contribution is 4.70. The van der Waals surface area contributed by atoms with Gasteiger partial charge in [-0.05, 0) is 62.7 Å². The van der Waals surface area contributed by atoms with Crippen molar-refractivity contribution in [1.29, 1.82) is 0 Å². The Kier molecular flexibility index (Phi) is 6.37. The fourth-order valence-electron chi connectivity index (χ4n) is 2.86. The molecule has 0 bridgehead atoms. The van der Waals surface area contributed by atoms with E-state index in [0.29, 0.717) is 0 Å². The minimum absolute atomic E-state index is 0.902. The Morgan fingerprint density at radius 3 is 0.938 bits per heavy atom. The highest BCUT2D eigenvalue weighted by Gasteiger charge is 2.13. The van der Waals surface area contributed by atoms with Crippen molar-refractivity contribution < 1.29 is 0 Å². The van der Waals surface area contributed by atoms with E-state index >= 15 is 0 Å². The third-order valence-electron chi connectivity index (χ3n) is 3.58. The van der Waals surface area contributed by atoms with Crippen molar-refractivity contribution >= 4 is 0 Å². The van der Waals surface area contributed by atoms with Crippen molar-refractivity contribution in [2.24, 2.45) is 23.7 Å². The van der Waals surface area contributed by atoms with Crippen molar-refractivity contribution in [1.82, 2.24) is 10.6 Å². The first kappa shape index (κ1) is 14.0. The highest BCUT2D eigenvalue weighted by atomic mass is 14.9. The fraction of sp³-hybridized carbons (Fsp3) is 1.00. The lowest BCUT2D eigenvalue weighted by molar-refractivity contribution is 0.321. The first-order chi connectivity index (χ1) is 7.58. The smallest absolute Gasteiger partial charge is 0.00229 e. The minimum atomic E-state index is 0.902. The quantitative estimate of drug-likeness (QED) is 0.663. The van der Waals surface area contributed by atoms with Gasteiger partial charge in [-0.3, -0.25) is 0 Å². The molecule has 0 aromatic heterocycles. The van der Waals surface area contributed by atoms with Crippen molar-refractivity contribution in [3.8, 4) is 0 Å². The second-order valence-corrected chi connectivity index (χ2v) is 6.21. The molecule has 96 valence electrons. The second kappa shape index (κ2) is 7.29. The van der Waals surface area contributed by atoms with Crippen LogP contribution in [0.5, 0.6) is 0 Å². The number of piperidine rings is 2. The van der Waals surface area contributed by atoms with E-state index in [1.807, 2.05) is 0 Å². The van der Waals surface area contributed by atoms with Crippen LogP contribution in [0.4, 0.5) is 0 Å². The van der Waals surface area contributed by atoms with Crippen LogP contribution in [-0.4, -0.2) is 26.2 Å². The van der Waals surface area contributed by atoms with Gasteiger partial charge in [0, 0.05) is 0 Å². The summed E-state index contributed by atoms with van der Waals surface area (Å²) < 4.78 is 0. The molecule has 2 heterocycles. The molecule has 2 N–H and O–H groups in total. The molecular formula is C14H30N2. The molecule has 4 atom stereocenters. The SMILES string of the molecule is CC1CNCC(C)C1.CC1CNCC(C)C1. The molecule has 0 radical (unpaired) electrons. The topological polar surface area (TPSA) is 24.1 Å². The van der Waals surface area contributed by atoms with Gasteiger partial charge in [-0.25, -0.2) is 0 Å². The Labute approximate surface area is 102 Å². The predicted octanol–water partition coefficient (Wildman–Crippen LogP) is 2.50. The van der Waals surface area contributed by atoms with E-state index in [1.165, 1.54) is 39.0 Å². The maximum Gasteiger partial charge on any atom is -0.00229 e. The zero-order chi connectivity index (χ0) is 12.0. The van der Waals surface area contributed by atoms with Gasteiger partial charge in [0.05, 0.1) is 0 Å². The minimum Gasteiger partial charge on any atom is -0.316 e. The summed E-state index contributed by atoms with van der Waals surface area (Å²) in [4.78, 5) is 0. The molecule has 0 amide bonds. The third-order valence-corrected chi connectivity index (χ3v) is 3.58. The van der Waals surface area contributed by atoms with Gasteiger partial charge in [-0.2, -0.15) is 0 Å². The molecule has 0 aromatic carbocycles. The first-order valence-corrected chi connectivity index (χ1v) is 6.99. The fourth-order valence-corrected chi connectivity index (χ4v) is 2.86. The second-order valence-electron chi connectivity index (χ2n) is 6.21. The molecule has 0 saturated carbocycles. The average Bonchev–Trinajstić information content (AvgIpc) is 2.17. The van der Waals surface area contributed by atoms with Crippen molar-refractivity contribution in [3.05, 3.63) is 0 Å². The third kappa shape index (κ3) is 5.86. The van der Waals surface area contributed by atoms with E-state index in [4.69, 9.17) is 0 Å². The molecule has 2 heteroatoms. The Balaban J connectivity index is 0.000000160. The van der Waals surface area contributed by atoms with Crippen LogP contribution >= 0.6 is 0 Å². The Morgan fingerprint density at radius 2 is 0.812 bits per heavy atom. The number of rotatable bonds is 0. The summed E-state index contributed by atoms with van der Waals surface area (Å²) in [7, 11) is 0. The largest absolute Gasteiger partial charge is 0.316 e. The molecule has 2 aliphatic heterocycles. The van der Waals surface area contributed by atoms with Crippen LogP contribution in [0.1, 0.15) is 40.5 Å². The molecule has 4 unspecified atom stereocenters. The summed E-state index contributed by atoms with van der Waals surface area (Å²) in [6, 6.07) is 0. The summed E-state index contributed by atoms with van der Waals surface area (Å²) >= 11 is 0. The molecule has 2 aliphatic rings. The molecule has 2 nitrogen and oxygen atoms in total.